The minimum atomic E-state index is -0.264. The summed E-state index contributed by atoms with van der Waals surface area (Å²) >= 11 is 0. The van der Waals surface area contributed by atoms with Crippen molar-refractivity contribution in [2.75, 3.05) is 11.9 Å². The molecule has 0 saturated carbocycles. The van der Waals surface area contributed by atoms with E-state index < -0.39 is 0 Å². The highest BCUT2D eigenvalue weighted by atomic mass is 16.1. The lowest BCUT2D eigenvalue weighted by Gasteiger charge is -2.07. The lowest BCUT2D eigenvalue weighted by Crippen LogP contribution is -2.07. The number of nitrogens with one attached hydrogen (secondary N) is 1. The van der Waals surface area contributed by atoms with Crippen LogP contribution < -0.4 is 5.32 Å². The van der Waals surface area contributed by atoms with Crippen LogP contribution in [0.15, 0.2) is 60.6 Å². The fourth-order valence-corrected chi connectivity index (χ4v) is 2.60. The molecule has 0 aliphatic carbocycles. The van der Waals surface area contributed by atoms with Crippen LogP contribution in [0.4, 0.5) is 5.69 Å². The van der Waals surface area contributed by atoms with Crippen LogP contribution in [0.2, 0.25) is 0 Å². The van der Waals surface area contributed by atoms with Crippen molar-refractivity contribution < 1.29 is 4.79 Å². The molecule has 1 aliphatic heterocycles. The van der Waals surface area contributed by atoms with E-state index in [-0.39, 0.29) is 5.91 Å². The Balaban J connectivity index is 1.77. The molecule has 1 aliphatic rings. The number of rotatable bonds is 4. The van der Waals surface area contributed by atoms with Gasteiger partial charge in [-0.1, -0.05) is 12.7 Å². The number of benzene rings is 1. The zero-order chi connectivity index (χ0) is 17.2. The number of carbonyl (C=O) groups is 1. The molecule has 1 amide bonds. The van der Waals surface area contributed by atoms with E-state index in [1.54, 1.807) is 31.0 Å². The number of imidazole rings is 1. The first-order valence-corrected chi connectivity index (χ1v) is 7.68. The largest absolute Gasteiger partial charge is 0.322 e. The first-order chi connectivity index (χ1) is 12.2. The molecule has 4 rings (SSSR count). The molecule has 0 unspecified atom stereocenters. The summed E-state index contributed by atoms with van der Waals surface area (Å²) in [7, 11) is 0. The van der Waals surface area contributed by atoms with E-state index >= 15 is 0 Å². The second-order valence-corrected chi connectivity index (χ2v) is 5.43. The third kappa shape index (κ3) is 2.83. The fourth-order valence-electron chi connectivity index (χ4n) is 2.60. The van der Waals surface area contributed by atoms with Crippen LogP contribution in [0, 0.1) is 0 Å². The van der Waals surface area contributed by atoms with Gasteiger partial charge >= 0.3 is 0 Å². The van der Waals surface area contributed by atoms with Gasteiger partial charge in [-0.15, -0.1) is 0 Å². The molecule has 3 aromatic rings. The Morgan fingerprint density at radius 2 is 2.24 bits per heavy atom. The van der Waals surface area contributed by atoms with Gasteiger partial charge in [-0.05, 0) is 24.3 Å². The van der Waals surface area contributed by atoms with Gasteiger partial charge in [0.1, 0.15) is 6.33 Å². The van der Waals surface area contributed by atoms with Gasteiger partial charge in [0.2, 0.25) is 5.91 Å². The molecule has 0 saturated heterocycles. The second kappa shape index (κ2) is 6.12. The fraction of sp³-hybridized carbons (Fsp3) is 0.0556. The molecule has 0 radical (unpaired) electrons. The lowest BCUT2D eigenvalue weighted by atomic mass is 10.2. The normalized spacial score (nSPS) is 13.0. The van der Waals surface area contributed by atoms with Gasteiger partial charge in [0.25, 0.3) is 0 Å². The van der Waals surface area contributed by atoms with Gasteiger partial charge in [0.05, 0.1) is 35.7 Å². The number of nitrogens with zero attached hydrogens (tertiary/aromatic N) is 5. The Morgan fingerprint density at radius 1 is 1.32 bits per heavy atom. The van der Waals surface area contributed by atoms with Crippen molar-refractivity contribution in [3.63, 3.8) is 0 Å². The van der Waals surface area contributed by atoms with Gasteiger partial charge in [-0.3, -0.25) is 19.3 Å². The number of allylic oxidation sites excluding steroid dienone is 1. The average molecular weight is 330 g/mol. The third-order valence-corrected chi connectivity index (χ3v) is 3.81. The van der Waals surface area contributed by atoms with Crippen molar-refractivity contribution in [2.45, 2.75) is 0 Å². The maximum Gasteiger partial charge on any atom is 0.247 e. The molecular formula is C18H14N6O. The number of amides is 1. The number of fused-ring (bicyclic) bond motifs is 1. The number of hydrogen-bond acceptors (Lipinski definition) is 5. The summed E-state index contributed by atoms with van der Waals surface area (Å²) in [5.41, 5.74) is 4.00. The number of aliphatic imine (C=N–C) groups is 1. The summed E-state index contributed by atoms with van der Waals surface area (Å²) in [5.74, 6) is 0.382. The molecule has 3 heterocycles. The van der Waals surface area contributed by atoms with E-state index in [2.05, 4.69) is 31.8 Å². The summed E-state index contributed by atoms with van der Waals surface area (Å²) in [5, 5.41) is 2.75. The van der Waals surface area contributed by atoms with Gasteiger partial charge in [-0.2, -0.15) is 0 Å². The lowest BCUT2D eigenvalue weighted by molar-refractivity contribution is -0.111. The zero-order valence-electron chi connectivity index (χ0n) is 13.3. The minimum absolute atomic E-state index is 0.264. The van der Waals surface area contributed by atoms with Crippen LogP contribution in [0.3, 0.4) is 0 Å². The van der Waals surface area contributed by atoms with E-state index in [0.29, 0.717) is 18.1 Å². The van der Waals surface area contributed by atoms with Gasteiger partial charge in [0.15, 0.2) is 5.82 Å². The number of carbonyl (C=O) groups excluding carboxylic acids is 1. The third-order valence-electron chi connectivity index (χ3n) is 3.81. The van der Waals surface area contributed by atoms with E-state index in [1.165, 1.54) is 6.08 Å². The number of anilines is 1. The van der Waals surface area contributed by atoms with Crippen molar-refractivity contribution in [3.05, 3.63) is 61.3 Å². The smallest absolute Gasteiger partial charge is 0.247 e. The van der Waals surface area contributed by atoms with Crippen LogP contribution >= 0.6 is 0 Å². The van der Waals surface area contributed by atoms with Crippen LogP contribution in [-0.2, 0) is 4.79 Å². The molecule has 0 atom stereocenters. The molecule has 2 aromatic heterocycles. The second-order valence-electron chi connectivity index (χ2n) is 5.43. The van der Waals surface area contributed by atoms with Crippen LogP contribution in [0.25, 0.3) is 22.4 Å². The Morgan fingerprint density at radius 3 is 3.04 bits per heavy atom. The summed E-state index contributed by atoms with van der Waals surface area (Å²) < 4.78 is 1.84. The first-order valence-electron chi connectivity index (χ1n) is 7.68. The molecule has 25 heavy (non-hydrogen) atoms. The van der Waals surface area contributed by atoms with Crippen molar-refractivity contribution in [2.24, 2.45) is 4.99 Å². The van der Waals surface area contributed by atoms with Crippen molar-refractivity contribution in [3.8, 4) is 5.82 Å². The predicted octanol–water partition coefficient (Wildman–Crippen LogP) is 2.41. The van der Waals surface area contributed by atoms with Crippen molar-refractivity contribution >= 4 is 34.4 Å². The molecule has 7 nitrogen and oxygen atoms in total. The SMILES string of the molecule is C=CC(=O)Nc1ccc2ncn(-c3cncc(C4=CCN=C4)n3)c2c1. The predicted molar refractivity (Wildman–Crippen MR) is 96.8 cm³/mol. The quantitative estimate of drug-likeness (QED) is 0.744. The highest BCUT2D eigenvalue weighted by molar-refractivity contribution is 6.10. The van der Waals surface area contributed by atoms with E-state index in [9.17, 15) is 4.79 Å². The Bertz CT molecular complexity index is 1050. The molecule has 0 fully saturated rings. The molecule has 0 spiro atoms. The molecular weight excluding hydrogens is 316 g/mol. The number of hydrogen-bond donors (Lipinski definition) is 1. The van der Waals surface area contributed by atoms with Crippen molar-refractivity contribution in [1.29, 1.82) is 0 Å². The Hall–Kier alpha value is -3.61. The van der Waals surface area contributed by atoms with Gasteiger partial charge in [-0.25, -0.2) is 9.97 Å². The van der Waals surface area contributed by atoms with Crippen molar-refractivity contribution in [1.82, 2.24) is 19.5 Å². The van der Waals surface area contributed by atoms with Gasteiger partial charge < -0.3 is 5.32 Å². The van der Waals surface area contributed by atoms with E-state index in [4.69, 9.17) is 0 Å². The molecule has 7 heteroatoms. The average Bonchev–Trinajstić information content (AvgIpc) is 3.31. The standard InChI is InChI=1S/C18H14N6O/c1-2-18(25)22-13-3-4-14-16(7-13)24(11-21-14)17-10-20-9-15(23-17)12-5-6-19-8-12/h2-5,7-11H,1,6H2,(H,22,25). The zero-order valence-corrected chi connectivity index (χ0v) is 13.3. The minimum Gasteiger partial charge on any atom is -0.322 e. The monoisotopic (exact) mass is 330 g/mol. The maximum atomic E-state index is 11.5. The first kappa shape index (κ1) is 14.9. The summed E-state index contributed by atoms with van der Waals surface area (Å²) in [6, 6.07) is 5.48. The van der Waals surface area contributed by atoms with Gasteiger partial charge in [0, 0.05) is 17.5 Å². The van der Waals surface area contributed by atoms with Crippen LogP contribution in [-0.4, -0.2) is 38.2 Å². The molecule has 1 N–H and O–H groups in total. The number of aromatic nitrogens is 4. The Kier molecular flexibility index (Phi) is 3.66. The maximum absolute atomic E-state index is 11.5. The topological polar surface area (TPSA) is 85.1 Å². The molecule has 0 bridgehead atoms. The molecule has 122 valence electrons. The van der Waals surface area contributed by atoms with E-state index in [1.807, 2.05) is 22.8 Å². The highest BCUT2D eigenvalue weighted by Gasteiger charge is 2.11. The summed E-state index contributed by atoms with van der Waals surface area (Å²) in [6.07, 6.45) is 10.1. The Labute approximate surface area is 143 Å². The highest BCUT2D eigenvalue weighted by Crippen LogP contribution is 2.22. The van der Waals surface area contributed by atoms with Crippen LogP contribution in [0.1, 0.15) is 5.69 Å². The van der Waals surface area contributed by atoms with Crippen LogP contribution in [0.5, 0.6) is 0 Å². The summed E-state index contributed by atoms with van der Waals surface area (Å²) in [4.78, 5) is 29.0. The summed E-state index contributed by atoms with van der Waals surface area (Å²) in [6.45, 7) is 4.13. The molecule has 1 aromatic carbocycles. The van der Waals surface area contributed by atoms with E-state index in [0.717, 1.165) is 22.3 Å².